The smallest absolute Gasteiger partial charge is 0.261 e. The molecule has 27 heavy (non-hydrogen) atoms. The van der Waals surface area contributed by atoms with Crippen LogP contribution in [0.15, 0.2) is 23.3 Å². The summed E-state index contributed by atoms with van der Waals surface area (Å²) in [6, 6.07) is 2.68. The van der Waals surface area contributed by atoms with Crippen LogP contribution in [-0.4, -0.2) is 47.7 Å². The molecule has 144 valence electrons. The van der Waals surface area contributed by atoms with E-state index < -0.39 is 11.9 Å². The first-order valence-corrected chi connectivity index (χ1v) is 8.64. The number of amides is 2. The number of nitrogens with one attached hydrogen (secondary N) is 2. The number of methoxy groups -OCH3 is 2. The van der Waals surface area contributed by atoms with E-state index in [4.69, 9.17) is 9.47 Å². The summed E-state index contributed by atoms with van der Waals surface area (Å²) in [4.78, 5) is 41.0. The summed E-state index contributed by atoms with van der Waals surface area (Å²) in [5, 5.41) is 5.72. The van der Waals surface area contributed by atoms with Gasteiger partial charge in [0.15, 0.2) is 11.5 Å². The highest BCUT2D eigenvalue weighted by atomic mass is 16.5. The first-order chi connectivity index (χ1) is 12.9. The van der Waals surface area contributed by atoms with Gasteiger partial charge in [0.1, 0.15) is 12.6 Å². The first kappa shape index (κ1) is 18.7. The summed E-state index contributed by atoms with van der Waals surface area (Å²) in [5.74, 6) is 0.184. The Balaban J connectivity index is 1.76. The van der Waals surface area contributed by atoms with Crippen LogP contribution in [0.1, 0.15) is 19.8 Å². The molecule has 2 N–H and O–H groups in total. The van der Waals surface area contributed by atoms with E-state index in [0.717, 1.165) is 12.8 Å². The van der Waals surface area contributed by atoms with Gasteiger partial charge in [-0.2, -0.15) is 0 Å². The van der Waals surface area contributed by atoms with Gasteiger partial charge in [-0.1, -0.05) is 0 Å². The van der Waals surface area contributed by atoms with E-state index in [0.29, 0.717) is 22.4 Å². The standard InChI is InChI=1S/C18H22N4O5/c1-10(17(24)21-11-4-5-11)20-16(23)8-22-9-19-13-7-15(27-3)14(26-2)6-12(13)18(22)25/h6-7,9-11H,4-5,8H2,1-3H3,(H,20,23)(H,21,24). The predicted molar refractivity (Wildman–Crippen MR) is 97.9 cm³/mol. The maximum atomic E-state index is 12.7. The zero-order chi connectivity index (χ0) is 19.6. The molecule has 1 atom stereocenters. The molecule has 0 bridgehead atoms. The van der Waals surface area contributed by atoms with E-state index >= 15 is 0 Å². The van der Waals surface area contributed by atoms with E-state index in [2.05, 4.69) is 15.6 Å². The molecule has 0 aliphatic heterocycles. The van der Waals surface area contributed by atoms with Gasteiger partial charge in [-0.05, 0) is 25.8 Å². The van der Waals surface area contributed by atoms with Gasteiger partial charge in [0.2, 0.25) is 11.8 Å². The number of nitrogens with zero attached hydrogens (tertiary/aromatic N) is 2. The molecule has 1 heterocycles. The molecule has 1 fully saturated rings. The van der Waals surface area contributed by atoms with Crippen molar-refractivity contribution >= 4 is 22.7 Å². The second-order valence-electron chi connectivity index (χ2n) is 6.47. The molecule has 2 aromatic rings. The van der Waals surface area contributed by atoms with Gasteiger partial charge >= 0.3 is 0 Å². The number of aromatic nitrogens is 2. The second-order valence-corrected chi connectivity index (χ2v) is 6.47. The number of ether oxygens (including phenoxy) is 2. The van der Waals surface area contributed by atoms with Crippen molar-refractivity contribution in [1.29, 1.82) is 0 Å². The van der Waals surface area contributed by atoms with Crippen molar-refractivity contribution in [1.82, 2.24) is 20.2 Å². The minimum atomic E-state index is -0.674. The van der Waals surface area contributed by atoms with E-state index in [1.807, 2.05) is 0 Å². The topological polar surface area (TPSA) is 112 Å². The zero-order valence-corrected chi connectivity index (χ0v) is 15.4. The monoisotopic (exact) mass is 374 g/mol. The van der Waals surface area contributed by atoms with Gasteiger partial charge in [-0.25, -0.2) is 4.98 Å². The number of carbonyl (C=O) groups excluding carboxylic acids is 2. The van der Waals surface area contributed by atoms with Crippen LogP contribution in [-0.2, 0) is 16.1 Å². The van der Waals surface area contributed by atoms with Crippen LogP contribution in [0.2, 0.25) is 0 Å². The zero-order valence-electron chi connectivity index (χ0n) is 15.4. The van der Waals surface area contributed by atoms with Crippen molar-refractivity contribution in [3.05, 3.63) is 28.8 Å². The molecule has 1 aromatic carbocycles. The van der Waals surface area contributed by atoms with E-state index in [9.17, 15) is 14.4 Å². The molecule has 9 nitrogen and oxygen atoms in total. The highest BCUT2D eigenvalue weighted by Gasteiger charge is 2.26. The quantitative estimate of drug-likeness (QED) is 0.716. The van der Waals surface area contributed by atoms with Crippen LogP contribution in [0.5, 0.6) is 11.5 Å². The summed E-state index contributed by atoms with van der Waals surface area (Å²) in [6.07, 6.45) is 3.24. The Morgan fingerprint density at radius 3 is 2.56 bits per heavy atom. The van der Waals surface area contributed by atoms with Gasteiger partial charge in [0.05, 0.1) is 31.4 Å². The van der Waals surface area contributed by atoms with Crippen LogP contribution < -0.4 is 25.7 Å². The number of carbonyl (C=O) groups is 2. The van der Waals surface area contributed by atoms with Crippen LogP contribution in [0.3, 0.4) is 0 Å². The fourth-order valence-electron chi connectivity index (χ4n) is 2.66. The van der Waals surface area contributed by atoms with Crippen molar-refractivity contribution in [2.24, 2.45) is 0 Å². The van der Waals surface area contributed by atoms with Crippen LogP contribution in [0.25, 0.3) is 10.9 Å². The minimum Gasteiger partial charge on any atom is -0.493 e. The Bertz CT molecular complexity index is 935. The van der Waals surface area contributed by atoms with E-state index in [1.54, 1.807) is 13.0 Å². The molecule has 0 radical (unpaired) electrons. The average Bonchev–Trinajstić information content (AvgIpc) is 3.46. The normalized spacial score (nSPS) is 14.5. The van der Waals surface area contributed by atoms with Gasteiger partial charge in [0.25, 0.3) is 5.56 Å². The SMILES string of the molecule is COc1cc2ncn(CC(=O)NC(C)C(=O)NC3CC3)c(=O)c2cc1OC. The second kappa shape index (κ2) is 7.65. The number of fused-ring (bicyclic) bond motifs is 1. The summed E-state index contributed by atoms with van der Waals surface area (Å²) in [6.45, 7) is 1.37. The highest BCUT2D eigenvalue weighted by molar-refractivity contribution is 5.87. The Kier molecular flexibility index (Phi) is 5.29. The summed E-state index contributed by atoms with van der Waals surface area (Å²) in [7, 11) is 2.97. The molecule has 9 heteroatoms. The molecule has 1 unspecified atom stereocenters. The van der Waals surface area contributed by atoms with Crippen LogP contribution >= 0.6 is 0 Å². The van der Waals surface area contributed by atoms with Gasteiger partial charge < -0.3 is 20.1 Å². The number of hydrogen-bond donors (Lipinski definition) is 2. The fourth-order valence-corrected chi connectivity index (χ4v) is 2.66. The van der Waals surface area contributed by atoms with Crippen molar-refractivity contribution in [3.8, 4) is 11.5 Å². The maximum Gasteiger partial charge on any atom is 0.261 e. The van der Waals surface area contributed by atoms with Gasteiger partial charge in [-0.15, -0.1) is 0 Å². The van der Waals surface area contributed by atoms with E-state index in [-0.39, 0.29) is 24.1 Å². The first-order valence-electron chi connectivity index (χ1n) is 8.64. The largest absolute Gasteiger partial charge is 0.493 e. The lowest BCUT2D eigenvalue weighted by atomic mass is 10.2. The lowest BCUT2D eigenvalue weighted by molar-refractivity contribution is -0.129. The highest BCUT2D eigenvalue weighted by Crippen LogP contribution is 2.29. The number of hydrogen-bond acceptors (Lipinski definition) is 6. The molecule has 3 rings (SSSR count). The number of rotatable bonds is 7. The Hall–Kier alpha value is -3.10. The Morgan fingerprint density at radius 1 is 1.26 bits per heavy atom. The Labute approximate surface area is 155 Å². The summed E-state index contributed by atoms with van der Waals surface area (Å²) in [5.41, 5.74) is 0.0534. The summed E-state index contributed by atoms with van der Waals surface area (Å²) < 4.78 is 11.6. The third-order valence-electron chi connectivity index (χ3n) is 4.34. The molecular weight excluding hydrogens is 352 g/mol. The number of benzene rings is 1. The lowest BCUT2D eigenvalue weighted by Gasteiger charge is -2.14. The van der Waals surface area contributed by atoms with E-state index in [1.165, 1.54) is 31.2 Å². The lowest BCUT2D eigenvalue weighted by Crippen LogP contribution is -2.47. The molecule has 0 saturated heterocycles. The molecule has 2 amide bonds. The molecular formula is C18H22N4O5. The van der Waals surface area contributed by atoms with Crippen molar-refractivity contribution in [2.75, 3.05) is 14.2 Å². The van der Waals surface area contributed by atoms with Crippen LogP contribution in [0, 0.1) is 0 Å². The molecule has 1 aromatic heterocycles. The molecule has 1 aliphatic carbocycles. The minimum absolute atomic E-state index is 0.219. The van der Waals surface area contributed by atoms with Gasteiger partial charge in [-0.3, -0.25) is 19.0 Å². The third-order valence-corrected chi connectivity index (χ3v) is 4.34. The molecule has 0 spiro atoms. The predicted octanol–water partition coefficient (Wildman–Crippen LogP) is 0.197. The average molecular weight is 374 g/mol. The Morgan fingerprint density at radius 2 is 1.93 bits per heavy atom. The van der Waals surface area contributed by atoms with Crippen molar-refractivity contribution in [3.63, 3.8) is 0 Å². The van der Waals surface area contributed by atoms with Crippen molar-refractivity contribution in [2.45, 2.75) is 38.4 Å². The van der Waals surface area contributed by atoms with Crippen LogP contribution in [0.4, 0.5) is 0 Å². The van der Waals surface area contributed by atoms with Gasteiger partial charge in [0, 0.05) is 12.1 Å². The molecule has 1 saturated carbocycles. The fraction of sp³-hybridized carbons (Fsp3) is 0.444. The third kappa shape index (κ3) is 4.18. The summed E-state index contributed by atoms with van der Waals surface area (Å²) >= 11 is 0. The molecule has 1 aliphatic rings. The maximum absolute atomic E-state index is 12.7. The van der Waals surface area contributed by atoms with Crippen molar-refractivity contribution < 1.29 is 19.1 Å².